The molecule has 1 N–H and O–H groups in total. The molecular formula is C10H9F4NO. The van der Waals surface area contributed by atoms with Crippen molar-refractivity contribution in [2.45, 2.75) is 12.5 Å². The maximum atomic E-state index is 13.2. The lowest BCUT2D eigenvalue weighted by molar-refractivity contribution is 0.0258. The van der Waals surface area contributed by atoms with E-state index in [0.29, 0.717) is 13.1 Å². The Bertz CT molecular complexity index is 405. The lowest BCUT2D eigenvalue weighted by Crippen LogP contribution is -2.61. The summed E-state index contributed by atoms with van der Waals surface area (Å²) >= 11 is 0. The molecule has 1 heterocycles. The molecule has 1 saturated heterocycles. The first-order valence-electron chi connectivity index (χ1n) is 4.66. The van der Waals surface area contributed by atoms with Crippen molar-refractivity contribution in [2.24, 2.45) is 0 Å². The summed E-state index contributed by atoms with van der Waals surface area (Å²) in [6.45, 7) is 2.32. The molecule has 1 aliphatic heterocycles. The number of benzene rings is 1. The molecule has 6 heteroatoms. The molecule has 2 rings (SSSR count). The summed E-state index contributed by atoms with van der Waals surface area (Å²) in [7, 11) is 0. The average Bonchev–Trinajstić information content (AvgIpc) is 2.19. The first-order valence-corrected chi connectivity index (χ1v) is 4.66. The van der Waals surface area contributed by atoms with E-state index in [1.807, 2.05) is 0 Å². The van der Waals surface area contributed by atoms with Gasteiger partial charge in [0.1, 0.15) is 5.60 Å². The van der Waals surface area contributed by atoms with Gasteiger partial charge >= 0.3 is 0 Å². The van der Waals surface area contributed by atoms with Gasteiger partial charge in [-0.05, 0) is 6.92 Å². The molecule has 1 aliphatic rings. The van der Waals surface area contributed by atoms with Crippen LogP contribution in [-0.2, 0) is 0 Å². The number of rotatable bonds is 2. The van der Waals surface area contributed by atoms with Gasteiger partial charge in [-0.15, -0.1) is 0 Å². The van der Waals surface area contributed by atoms with Crippen LogP contribution < -0.4 is 10.1 Å². The van der Waals surface area contributed by atoms with Crippen molar-refractivity contribution in [1.82, 2.24) is 5.32 Å². The zero-order valence-corrected chi connectivity index (χ0v) is 8.41. The van der Waals surface area contributed by atoms with Crippen molar-refractivity contribution >= 4 is 0 Å². The summed E-state index contributed by atoms with van der Waals surface area (Å²) in [5, 5.41) is 2.83. The van der Waals surface area contributed by atoms with Crippen molar-refractivity contribution in [3.63, 3.8) is 0 Å². The van der Waals surface area contributed by atoms with Crippen LogP contribution in [0.1, 0.15) is 6.92 Å². The standard InChI is InChI=1S/C10H9F4NO/c1-10(3-15-4-10)16-9-7(13)5(11)2-6(12)8(9)14/h2,15H,3-4H2,1H3. The summed E-state index contributed by atoms with van der Waals surface area (Å²) in [5.74, 6) is -6.95. The third kappa shape index (κ3) is 1.73. The SMILES string of the molecule is CC1(Oc2c(F)c(F)cc(F)c2F)CNC1. The summed E-state index contributed by atoms with van der Waals surface area (Å²) < 4.78 is 57.1. The molecule has 0 spiro atoms. The average molecular weight is 235 g/mol. The van der Waals surface area contributed by atoms with Gasteiger partial charge in [0.25, 0.3) is 0 Å². The molecule has 0 atom stereocenters. The first-order chi connectivity index (χ1) is 7.43. The molecule has 0 radical (unpaired) electrons. The van der Waals surface area contributed by atoms with Gasteiger partial charge in [-0.2, -0.15) is 8.78 Å². The highest BCUT2D eigenvalue weighted by Gasteiger charge is 2.36. The maximum absolute atomic E-state index is 13.2. The Morgan fingerprint density at radius 1 is 1.12 bits per heavy atom. The molecule has 0 saturated carbocycles. The van der Waals surface area contributed by atoms with Crippen LogP contribution >= 0.6 is 0 Å². The van der Waals surface area contributed by atoms with E-state index >= 15 is 0 Å². The molecule has 0 aliphatic carbocycles. The Balaban J connectivity index is 2.39. The van der Waals surface area contributed by atoms with Crippen molar-refractivity contribution in [3.05, 3.63) is 29.3 Å². The van der Waals surface area contributed by atoms with Crippen LogP contribution in [0, 0.1) is 23.3 Å². The minimum atomic E-state index is -1.51. The Morgan fingerprint density at radius 3 is 2.00 bits per heavy atom. The minimum absolute atomic E-state index is 0.152. The van der Waals surface area contributed by atoms with Crippen LogP contribution in [0.3, 0.4) is 0 Å². The second-order valence-corrected chi connectivity index (χ2v) is 3.95. The molecule has 16 heavy (non-hydrogen) atoms. The van der Waals surface area contributed by atoms with Gasteiger partial charge in [-0.1, -0.05) is 0 Å². The highest BCUT2D eigenvalue weighted by molar-refractivity contribution is 5.29. The van der Waals surface area contributed by atoms with Crippen molar-refractivity contribution in [2.75, 3.05) is 13.1 Å². The van der Waals surface area contributed by atoms with E-state index in [2.05, 4.69) is 5.32 Å². The molecule has 0 unspecified atom stereocenters. The van der Waals surface area contributed by atoms with E-state index in [1.54, 1.807) is 6.92 Å². The Hall–Kier alpha value is -1.30. The van der Waals surface area contributed by atoms with E-state index in [9.17, 15) is 17.6 Å². The molecule has 1 aromatic carbocycles. The van der Waals surface area contributed by atoms with Gasteiger partial charge < -0.3 is 10.1 Å². The van der Waals surface area contributed by atoms with E-state index in [-0.39, 0.29) is 6.07 Å². The number of halogens is 4. The fourth-order valence-corrected chi connectivity index (χ4v) is 1.44. The van der Waals surface area contributed by atoms with Gasteiger partial charge in [-0.25, -0.2) is 8.78 Å². The van der Waals surface area contributed by atoms with Crippen LogP contribution in [0.15, 0.2) is 6.07 Å². The summed E-state index contributed by atoms with van der Waals surface area (Å²) in [6.07, 6.45) is 0. The third-order valence-electron chi connectivity index (χ3n) is 2.42. The maximum Gasteiger partial charge on any atom is 0.203 e. The second-order valence-electron chi connectivity index (χ2n) is 3.95. The molecule has 1 aromatic rings. The smallest absolute Gasteiger partial charge is 0.203 e. The van der Waals surface area contributed by atoms with E-state index < -0.39 is 34.6 Å². The Kier molecular flexibility index (Phi) is 2.53. The van der Waals surface area contributed by atoms with Gasteiger partial charge in [0, 0.05) is 19.2 Å². The Morgan fingerprint density at radius 2 is 1.62 bits per heavy atom. The topological polar surface area (TPSA) is 21.3 Å². The fraction of sp³-hybridized carbons (Fsp3) is 0.400. The lowest BCUT2D eigenvalue weighted by atomic mass is 10.00. The van der Waals surface area contributed by atoms with Crippen LogP contribution in [0.4, 0.5) is 17.6 Å². The highest BCUT2D eigenvalue weighted by Crippen LogP contribution is 2.30. The summed E-state index contributed by atoms with van der Waals surface area (Å²) in [6, 6.07) is 0.152. The number of hydrogen-bond donors (Lipinski definition) is 1. The molecule has 1 fully saturated rings. The molecule has 88 valence electrons. The zero-order chi connectivity index (χ0) is 11.9. The van der Waals surface area contributed by atoms with Gasteiger partial charge in [0.15, 0.2) is 17.4 Å². The van der Waals surface area contributed by atoms with E-state index in [4.69, 9.17) is 4.74 Å². The number of nitrogens with one attached hydrogen (secondary N) is 1. The normalized spacial score (nSPS) is 18.1. The van der Waals surface area contributed by atoms with Gasteiger partial charge in [-0.3, -0.25) is 0 Å². The van der Waals surface area contributed by atoms with Gasteiger partial charge in [0.05, 0.1) is 0 Å². The van der Waals surface area contributed by atoms with Crippen LogP contribution in [0.5, 0.6) is 5.75 Å². The monoisotopic (exact) mass is 235 g/mol. The van der Waals surface area contributed by atoms with Crippen LogP contribution in [0.25, 0.3) is 0 Å². The van der Waals surface area contributed by atoms with Crippen molar-refractivity contribution in [3.8, 4) is 5.75 Å². The van der Waals surface area contributed by atoms with E-state index in [0.717, 1.165) is 0 Å². The predicted molar refractivity (Wildman–Crippen MR) is 48.2 cm³/mol. The number of hydrogen-bond acceptors (Lipinski definition) is 2. The quantitative estimate of drug-likeness (QED) is 0.625. The van der Waals surface area contributed by atoms with Crippen molar-refractivity contribution in [1.29, 1.82) is 0 Å². The molecule has 2 nitrogen and oxygen atoms in total. The largest absolute Gasteiger partial charge is 0.479 e. The summed E-state index contributed by atoms with van der Waals surface area (Å²) in [4.78, 5) is 0. The fourth-order valence-electron chi connectivity index (χ4n) is 1.44. The molecule has 0 aromatic heterocycles. The third-order valence-corrected chi connectivity index (χ3v) is 2.42. The molecular weight excluding hydrogens is 226 g/mol. The molecule has 0 bridgehead atoms. The van der Waals surface area contributed by atoms with Crippen molar-refractivity contribution < 1.29 is 22.3 Å². The van der Waals surface area contributed by atoms with E-state index in [1.165, 1.54) is 0 Å². The number of ether oxygens (including phenoxy) is 1. The lowest BCUT2D eigenvalue weighted by Gasteiger charge is -2.39. The van der Waals surface area contributed by atoms with Crippen LogP contribution in [0.2, 0.25) is 0 Å². The predicted octanol–water partition coefficient (Wildman–Crippen LogP) is 1.98. The Labute approximate surface area is 89.2 Å². The van der Waals surface area contributed by atoms with Crippen LogP contribution in [-0.4, -0.2) is 18.7 Å². The summed E-state index contributed by atoms with van der Waals surface area (Å²) in [5.41, 5.74) is -0.831. The molecule has 0 amide bonds. The first kappa shape index (κ1) is 11.2. The second kappa shape index (κ2) is 3.62. The van der Waals surface area contributed by atoms with Gasteiger partial charge in [0.2, 0.25) is 11.6 Å². The minimum Gasteiger partial charge on any atom is -0.479 e. The zero-order valence-electron chi connectivity index (χ0n) is 8.41. The highest BCUT2D eigenvalue weighted by atomic mass is 19.2.